The molecule has 0 radical (unpaired) electrons. The van der Waals surface area contributed by atoms with Gasteiger partial charge in [-0.1, -0.05) is 24.3 Å². The molecule has 0 amide bonds. The number of hydrogen-bond donors (Lipinski definition) is 0. The summed E-state index contributed by atoms with van der Waals surface area (Å²) in [6.07, 6.45) is 7.75. The average molecular weight is 386 g/mol. The van der Waals surface area contributed by atoms with Crippen LogP contribution < -0.4 is 4.74 Å². The van der Waals surface area contributed by atoms with E-state index in [1.807, 2.05) is 49.5 Å². The number of halogens is 1. The number of benzene rings is 2. The summed E-state index contributed by atoms with van der Waals surface area (Å²) < 4.78 is 20.3. The number of hydrogen-bond acceptors (Lipinski definition) is 3. The lowest BCUT2D eigenvalue weighted by Crippen LogP contribution is -2.11. The Morgan fingerprint density at radius 1 is 1.07 bits per heavy atom. The fraction of sp³-hybridized carbons (Fsp3) is 0.200. The first-order valence-electron chi connectivity index (χ1n) is 9.94. The molecule has 2 aromatic carbocycles. The second-order valence-corrected chi connectivity index (χ2v) is 6.92. The van der Waals surface area contributed by atoms with Gasteiger partial charge in [0.15, 0.2) is 0 Å². The lowest BCUT2D eigenvalue weighted by Gasteiger charge is -2.17. The number of rotatable bonds is 5. The Morgan fingerprint density at radius 2 is 1.93 bits per heavy atom. The monoisotopic (exact) mass is 386 g/mol. The van der Waals surface area contributed by atoms with Crippen LogP contribution in [0, 0.1) is 5.82 Å². The summed E-state index contributed by atoms with van der Waals surface area (Å²) in [6, 6.07) is 16.8. The van der Waals surface area contributed by atoms with Gasteiger partial charge in [-0.2, -0.15) is 0 Å². The molecule has 4 heteroatoms. The molecular formula is C25H23FN2O. The molecule has 0 spiro atoms. The van der Waals surface area contributed by atoms with Crippen LogP contribution in [0.4, 0.5) is 4.39 Å². The molecule has 0 aliphatic carbocycles. The molecule has 146 valence electrons. The van der Waals surface area contributed by atoms with E-state index in [0.29, 0.717) is 17.9 Å². The van der Waals surface area contributed by atoms with E-state index < -0.39 is 0 Å². The van der Waals surface area contributed by atoms with E-state index in [0.717, 1.165) is 41.8 Å². The summed E-state index contributed by atoms with van der Waals surface area (Å²) in [6.45, 7) is 3.22. The number of nitrogens with zero attached hydrogens (tertiary/aromatic N) is 2. The van der Waals surface area contributed by atoms with E-state index in [1.165, 1.54) is 11.6 Å². The lowest BCUT2D eigenvalue weighted by atomic mass is 9.94. The number of aromatic nitrogens is 1. The normalized spacial score (nSPS) is 15.2. The van der Waals surface area contributed by atoms with Crippen molar-refractivity contribution in [1.82, 2.24) is 4.98 Å². The maximum absolute atomic E-state index is 14.6. The molecular weight excluding hydrogens is 363 g/mol. The van der Waals surface area contributed by atoms with Crippen LogP contribution in [0.2, 0.25) is 0 Å². The minimum atomic E-state index is -0.281. The first-order valence-corrected chi connectivity index (χ1v) is 9.94. The summed E-state index contributed by atoms with van der Waals surface area (Å²) in [7, 11) is 0. The largest absolute Gasteiger partial charge is 0.493 e. The van der Waals surface area contributed by atoms with Crippen molar-refractivity contribution in [3.8, 4) is 16.9 Å². The first-order chi connectivity index (χ1) is 14.3. The van der Waals surface area contributed by atoms with E-state index in [2.05, 4.69) is 11.1 Å². The second-order valence-electron chi connectivity index (χ2n) is 6.92. The molecule has 1 aliphatic heterocycles. The maximum atomic E-state index is 14.6. The molecule has 1 aromatic heterocycles. The number of pyridine rings is 1. The third-order valence-corrected chi connectivity index (χ3v) is 4.90. The van der Waals surface area contributed by atoms with Gasteiger partial charge < -0.3 is 4.74 Å². The zero-order valence-electron chi connectivity index (χ0n) is 16.4. The van der Waals surface area contributed by atoms with Gasteiger partial charge in [-0.3, -0.25) is 9.98 Å². The van der Waals surface area contributed by atoms with E-state index >= 15 is 0 Å². The zero-order chi connectivity index (χ0) is 20.1. The Hall–Kier alpha value is -3.27. The van der Waals surface area contributed by atoms with Crippen molar-refractivity contribution in [3.05, 3.63) is 89.5 Å². The lowest BCUT2D eigenvalue weighted by molar-refractivity contribution is 0.340. The highest BCUT2D eigenvalue weighted by atomic mass is 19.1. The molecule has 0 N–H and O–H groups in total. The number of ether oxygens (including phenoxy) is 1. The van der Waals surface area contributed by atoms with E-state index in [9.17, 15) is 4.39 Å². The van der Waals surface area contributed by atoms with Gasteiger partial charge in [0.2, 0.25) is 0 Å². The fourth-order valence-corrected chi connectivity index (χ4v) is 3.65. The number of allylic oxidation sites excluding steroid dienone is 1. The Balaban J connectivity index is 1.73. The van der Waals surface area contributed by atoms with Gasteiger partial charge in [0.05, 0.1) is 17.9 Å². The standard InChI is InChI=1S/C25H23FN2O/c1-2-29-23-12-4-11-22(26)24(23)19-8-3-7-18(15-19)16-20-9-6-14-28-25(20)21-10-5-13-27-17-21/h3-5,7-8,10-13,15-17H,2,6,9,14H2,1H3. The number of aliphatic imine (C=N–C) groups is 1. The van der Waals surface area contributed by atoms with Gasteiger partial charge in [0.1, 0.15) is 11.6 Å². The predicted octanol–water partition coefficient (Wildman–Crippen LogP) is 5.95. The van der Waals surface area contributed by atoms with Gasteiger partial charge in [0.25, 0.3) is 0 Å². The maximum Gasteiger partial charge on any atom is 0.134 e. The molecule has 4 rings (SSSR count). The van der Waals surface area contributed by atoms with Crippen LogP contribution in [0.3, 0.4) is 0 Å². The molecule has 3 nitrogen and oxygen atoms in total. The first kappa shape index (κ1) is 19.1. The minimum absolute atomic E-state index is 0.281. The van der Waals surface area contributed by atoms with Gasteiger partial charge in [-0.05, 0) is 72.9 Å². The molecule has 1 aliphatic rings. The van der Waals surface area contributed by atoms with Crippen LogP contribution in [-0.2, 0) is 0 Å². The van der Waals surface area contributed by atoms with Crippen molar-refractivity contribution in [1.29, 1.82) is 0 Å². The van der Waals surface area contributed by atoms with Crippen LogP contribution in [0.5, 0.6) is 5.75 Å². The smallest absolute Gasteiger partial charge is 0.134 e. The molecule has 0 fully saturated rings. The van der Waals surface area contributed by atoms with Gasteiger partial charge in [-0.25, -0.2) is 4.39 Å². The average Bonchev–Trinajstić information content (AvgIpc) is 2.75. The fourth-order valence-electron chi connectivity index (χ4n) is 3.65. The van der Waals surface area contributed by atoms with Gasteiger partial charge in [0, 0.05) is 24.5 Å². The topological polar surface area (TPSA) is 34.5 Å². The van der Waals surface area contributed by atoms with Crippen molar-refractivity contribution < 1.29 is 9.13 Å². The molecule has 2 heterocycles. The molecule has 0 bridgehead atoms. The summed E-state index contributed by atoms with van der Waals surface area (Å²) in [5.74, 6) is 0.281. The van der Waals surface area contributed by atoms with E-state index in [1.54, 1.807) is 18.3 Å². The molecule has 29 heavy (non-hydrogen) atoms. The highest BCUT2D eigenvalue weighted by Gasteiger charge is 2.15. The van der Waals surface area contributed by atoms with Gasteiger partial charge >= 0.3 is 0 Å². The van der Waals surface area contributed by atoms with Crippen molar-refractivity contribution in [2.45, 2.75) is 19.8 Å². The zero-order valence-corrected chi connectivity index (χ0v) is 16.4. The van der Waals surface area contributed by atoms with Crippen molar-refractivity contribution in [2.24, 2.45) is 4.99 Å². The van der Waals surface area contributed by atoms with Crippen LogP contribution in [0.15, 0.2) is 77.6 Å². The van der Waals surface area contributed by atoms with Crippen molar-refractivity contribution in [3.63, 3.8) is 0 Å². The SMILES string of the molecule is CCOc1cccc(F)c1-c1cccc(C=C2CCCN=C2c2cccnc2)c1. The Labute approximate surface area is 170 Å². The van der Waals surface area contributed by atoms with Crippen molar-refractivity contribution >= 4 is 11.8 Å². The van der Waals surface area contributed by atoms with Crippen LogP contribution in [0.1, 0.15) is 30.9 Å². The molecule has 0 saturated heterocycles. The quantitative estimate of drug-likeness (QED) is 0.543. The van der Waals surface area contributed by atoms with E-state index in [-0.39, 0.29) is 5.82 Å². The summed E-state index contributed by atoms with van der Waals surface area (Å²) >= 11 is 0. The van der Waals surface area contributed by atoms with Crippen molar-refractivity contribution in [2.75, 3.05) is 13.2 Å². The summed E-state index contributed by atoms with van der Waals surface area (Å²) in [5.41, 5.74) is 5.52. The third-order valence-electron chi connectivity index (χ3n) is 4.90. The highest BCUT2D eigenvalue weighted by Crippen LogP contribution is 2.34. The Morgan fingerprint density at radius 3 is 2.76 bits per heavy atom. The van der Waals surface area contributed by atoms with Crippen LogP contribution in [0.25, 0.3) is 17.2 Å². The summed E-state index contributed by atoms with van der Waals surface area (Å²) in [4.78, 5) is 8.97. The van der Waals surface area contributed by atoms with E-state index in [4.69, 9.17) is 9.73 Å². The minimum Gasteiger partial charge on any atom is -0.493 e. The Bertz CT molecular complexity index is 1060. The summed E-state index contributed by atoms with van der Waals surface area (Å²) in [5, 5.41) is 0. The second kappa shape index (κ2) is 8.82. The van der Waals surface area contributed by atoms with Crippen LogP contribution in [-0.4, -0.2) is 23.8 Å². The Kier molecular flexibility index (Phi) is 5.80. The molecule has 0 saturated carbocycles. The highest BCUT2D eigenvalue weighted by molar-refractivity contribution is 6.15. The predicted molar refractivity (Wildman–Crippen MR) is 116 cm³/mol. The molecule has 0 unspecified atom stereocenters. The van der Waals surface area contributed by atoms with Gasteiger partial charge in [-0.15, -0.1) is 0 Å². The molecule has 0 atom stereocenters. The van der Waals surface area contributed by atoms with Crippen LogP contribution >= 0.6 is 0 Å². The molecule has 3 aromatic rings. The third kappa shape index (κ3) is 4.27.